The molecule has 0 atom stereocenters. The van der Waals surface area contributed by atoms with E-state index in [0.717, 1.165) is 11.3 Å². The second-order valence-corrected chi connectivity index (χ2v) is 3.38. The highest BCUT2D eigenvalue weighted by atomic mass is 16.4. The molecule has 0 unspecified atom stereocenters. The zero-order valence-corrected chi connectivity index (χ0v) is 8.41. The Kier molecular flexibility index (Phi) is 3.49. The second kappa shape index (κ2) is 4.63. The number of rotatable bonds is 5. The Labute approximate surface area is 86.7 Å². The lowest BCUT2D eigenvalue weighted by molar-refractivity contribution is -0.137. The minimum absolute atomic E-state index is 0.0178. The van der Waals surface area contributed by atoms with E-state index in [1.807, 2.05) is 0 Å². The molecule has 0 aromatic carbocycles. The summed E-state index contributed by atoms with van der Waals surface area (Å²) < 4.78 is 0. The third-order valence-corrected chi connectivity index (χ3v) is 2.24. The summed E-state index contributed by atoms with van der Waals surface area (Å²) in [5, 5.41) is 17.2. The molecule has 1 aromatic heterocycles. The molecule has 0 spiro atoms. The van der Waals surface area contributed by atoms with Crippen LogP contribution < -0.4 is 0 Å². The van der Waals surface area contributed by atoms with Crippen LogP contribution in [-0.2, 0) is 22.4 Å². The van der Waals surface area contributed by atoms with Crippen molar-refractivity contribution < 1.29 is 19.8 Å². The fourth-order valence-corrected chi connectivity index (χ4v) is 1.47. The van der Waals surface area contributed by atoms with Gasteiger partial charge in [0.25, 0.3) is 0 Å². The average molecular weight is 211 g/mol. The standard InChI is InChI=1S/C10H13NO4/c1-6-8(4-10(14)15)7(5-11-6)2-3-9(12)13/h5,11H,2-4H2,1H3,(H,12,13)(H,14,15). The fraction of sp³-hybridized carbons (Fsp3) is 0.400. The molecule has 3 N–H and O–H groups in total. The van der Waals surface area contributed by atoms with E-state index in [1.54, 1.807) is 13.1 Å². The number of aryl methyl sites for hydroxylation is 2. The van der Waals surface area contributed by atoms with Crippen LogP contribution in [0.4, 0.5) is 0 Å². The Morgan fingerprint density at radius 3 is 2.53 bits per heavy atom. The first-order valence-corrected chi connectivity index (χ1v) is 4.60. The summed E-state index contributed by atoms with van der Waals surface area (Å²) in [4.78, 5) is 23.9. The first-order valence-electron chi connectivity index (χ1n) is 4.60. The van der Waals surface area contributed by atoms with Crippen LogP contribution in [0.2, 0.25) is 0 Å². The van der Waals surface area contributed by atoms with E-state index in [2.05, 4.69) is 4.98 Å². The predicted molar refractivity (Wildman–Crippen MR) is 52.8 cm³/mol. The van der Waals surface area contributed by atoms with Gasteiger partial charge in [0.05, 0.1) is 6.42 Å². The van der Waals surface area contributed by atoms with E-state index in [0.29, 0.717) is 12.0 Å². The number of carboxylic acids is 2. The van der Waals surface area contributed by atoms with Crippen LogP contribution in [0.15, 0.2) is 6.20 Å². The molecule has 0 fully saturated rings. The van der Waals surface area contributed by atoms with Crippen LogP contribution in [-0.4, -0.2) is 27.1 Å². The van der Waals surface area contributed by atoms with Crippen molar-refractivity contribution in [1.82, 2.24) is 4.98 Å². The van der Waals surface area contributed by atoms with E-state index < -0.39 is 11.9 Å². The van der Waals surface area contributed by atoms with E-state index in [1.165, 1.54) is 0 Å². The van der Waals surface area contributed by atoms with Gasteiger partial charge >= 0.3 is 11.9 Å². The van der Waals surface area contributed by atoms with Crippen molar-refractivity contribution in [2.24, 2.45) is 0 Å². The van der Waals surface area contributed by atoms with Gasteiger partial charge in [-0.05, 0) is 24.5 Å². The first-order chi connectivity index (χ1) is 7.00. The molecular formula is C10H13NO4. The van der Waals surface area contributed by atoms with Gasteiger partial charge in [0.2, 0.25) is 0 Å². The van der Waals surface area contributed by atoms with Gasteiger partial charge in [-0.1, -0.05) is 0 Å². The lowest BCUT2D eigenvalue weighted by Crippen LogP contribution is -2.04. The van der Waals surface area contributed by atoms with Gasteiger partial charge in [-0.25, -0.2) is 0 Å². The lowest BCUT2D eigenvalue weighted by atomic mass is 10.0. The average Bonchev–Trinajstić information content (AvgIpc) is 2.44. The monoisotopic (exact) mass is 211 g/mol. The van der Waals surface area contributed by atoms with Gasteiger partial charge in [-0.15, -0.1) is 0 Å². The molecular weight excluding hydrogens is 198 g/mol. The van der Waals surface area contributed by atoms with E-state index in [-0.39, 0.29) is 12.8 Å². The van der Waals surface area contributed by atoms with Crippen molar-refractivity contribution in [3.8, 4) is 0 Å². The molecule has 0 amide bonds. The predicted octanol–water partition coefficient (Wildman–Crippen LogP) is 0.967. The smallest absolute Gasteiger partial charge is 0.307 e. The van der Waals surface area contributed by atoms with Crippen LogP contribution in [0.5, 0.6) is 0 Å². The van der Waals surface area contributed by atoms with Crippen LogP contribution in [0.25, 0.3) is 0 Å². The molecule has 0 radical (unpaired) electrons. The Morgan fingerprint density at radius 2 is 2.00 bits per heavy atom. The summed E-state index contributed by atoms with van der Waals surface area (Å²) >= 11 is 0. The molecule has 1 rings (SSSR count). The van der Waals surface area contributed by atoms with Gasteiger partial charge in [0, 0.05) is 18.3 Å². The number of hydrogen-bond donors (Lipinski definition) is 3. The zero-order valence-electron chi connectivity index (χ0n) is 8.41. The van der Waals surface area contributed by atoms with Crippen molar-refractivity contribution in [1.29, 1.82) is 0 Å². The molecule has 0 bridgehead atoms. The van der Waals surface area contributed by atoms with Crippen LogP contribution in [0.1, 0.15) is 23.2 Å². The van der Waals surface area contributed by atoms with Crippen LogP contribution >= 0.6 is 0 Å². The quantitative estimate of drug-likeness (QED) is 0.676. The Balaban J connectivity index is 2.78. The van der Waals surface area contributed by atoms with Crippen LogP contribution in [0, 0.1) is 6.92 Å². The number of aromatic amines is 1. The van der Waals surface area contributed by atoms with Gasteiger partial charge in [0.15, 0.2) is 0 Å². The number of aromatic nitrogens is 1. The topological polar surface area (TPSA) is 90.4 Å². The number of carboxylic acid groups (broad SMARTS) is 2. The van der Waals surface area contributed by atoms with Crippen molar-refractivity contribution in [3.05, 3.63) is 23.0 Å². The van der Waals surface area contributed by atoms with Crippen molar-refractivity contribution >= 4 is 11.9 Å². The first kappa shape index (κ1) is 11.3. The molecule has 0 aliphatic rings. The summed E-state index contributed by atoms with van der Waals surface area (Å²) in [6, 6.07) is 0. The SMILES string of the molecule is Cc1[nH]cc(CCC(=O)O)c1CC(=O)O. The van der Waals surface area contributed by atoms with Crippen molar-refractivity contribution in [3.63, 3.8) is 0 Å². The maximum atomic E-state index is 10.6. The third-order valence-electron chi connectivity index (χ3n) is 2.24. The van der Waals surface area contributed by atoms with Gasteiger partial charge in [-0.3, -0.25) is 9.59 Å². The number of H-pyrrole nitrogens is 1. The number of aliphatic carboxylic acids is 2. The molecule has 1 aromatic rings. The van der Waals surface area contributed by atoms with Crippen LogP contribution in [0.3, 0.4) is 0 Å². The van der Waals surface area contributed by atoms with Gasteiger partial charge in [0.1, 0.15) is 0 Å². The minimum atomic E-state index is -0.908. The number of carbonyl (C=O) groups is 2. The molecule has 1 heterocycles. The summed E-state index contributed by atoms with van der Waals surface area (Å²) in [5.74, 6) is -1.79. The Morgan fingerprint density at radius 1 is 1.33 bits per heavy atom. The fourth-order valence-electron chi connectivity index (χ4n) is 1.47. The highest BCUT2D eigenvalue weighted by Crippen LogP contribution is 2.16. The van der Waals surface area contributed by atoms with Gasteiger partial charge in [-0.2, -0.15) is 0 Å². The summed E-state index contributed by atoms with van der Waals surface area (Å²) in [5.41, 5.74) is 2.26. The molecule has 82 valence electrons. The summed E-state index contributed by atoms with van der Waals surface area (Å²) in [6.45, 7) is 1.78. The molecule has 0 saturated heterocycles. The normalized spacial score (nSPS) is 10.2. The molecule has 5 heteroatoms. The molecule has 0 saturated carbocycles. The third kappa shape index (κ3) is 3.12. The van der Waals surface area contributed by atoms with Crippen molar-refractivity contribution in [2.75, 3.05) is 0 Å². The molecule has 15 heavy (non-hydrogen) atoms. The zero-order chi connectivity index (χ0) is 11.4. The van der Waals surface area contributed by atoms with E-state index >= 15 is 0 Å². The second-order valence-electron chi connectivity index (χ2n) is 3.38. The highest BCUT2D eigenvalue weighted by Gasteiger charge is 2.12. The minimum Gasteiger partial charge on any atom is -0.481 e. The van der Waals surface area contributed by atoms with Gasteiger partial charge < -0.3 is 15.2 Å². The van der Waals surface area contributed by atoms with E-state index in [4.69, 9.17) is 10.2 Å². The number of nitrogens with one attached hydrogen (secondary N) is 1. The van der Waals surface area contributed by atoms with E-state index in [9.17, 15) is 9.59 Å². The van der Waals surface area contributed by atoms with Crippen molar-refractivity contribution in [2.45, 2.75) is 26.2 Å². The maximum absolute atomic E-state index is 10.6. The lowest BCUT2D eigenvalue weighted by Gasteiger charge is -2.00. The Hall–Kier alpha value is -1.78. The largest absolute Gasteiger partial charge is 0.481 e. The number of hydrogen-bond acceptors (Lipinski definition) is 2. The molecule has 0 aliphatic carbocycles. The highest BCUT2D eigenvalue weighted by molar-refractivity contribution is 5.71. The summed E-state index contributed by atoms with van der Waals surface area (Å²) in [6.07, 6.45) is 1.99. The summed E-state index contributed by atoms with van der Waals surface area (Å²) in [7, 11) is 0. The molecule has 0 aliphatic heterocycles. The Bertz CT molecular complexity index is 381. The maximum Gasteiger partial charge on any atom is 0.307 e. The molecule has 5 nitrogen and oxygen atoms in total.